The Morgan fingerprint density at radius 1 is 1.31 bits per heavy atom. The normalized spacial score (nSPS) is 12.1. The van der Waals surface area contributed by atoms with Gasteiger partial charge in [-0.1, -0.05) is 32.4 Å². The number of hydrogen-bond acceptors (Lipinski definition) is 2. The summed E-state index contributed by atoms with van der Waals surface area (Å²) in [6.45, 7) is 8.27. The van der Waals surface area contributed by atoms with E-state index in [0.29, 0.717) is 17.3 Å². The highest BCUT2D eigenvalue weighted by molar-refractivity contribution is 6.30. The van der Waals surface area contributed by atoms with Gasteiger partial charge in [0.1, 0.15) is 5.75 Å². The maximum atomic E-state index is 9.70. The largest absolute Gasteiger partial charge is 0.508 e. The lowest BCUT2D eigenvalue weighted by Crippen LogP contribution is -2.28. The standard InChI is InChI=1S/C13H20ClNO/c1-13(2,3)9-15(4)8-10-7-11(14)5-6-12(10)16/h5-7,16H,8-9H2,1-4H3. The highest BCUT2D eigenvalue weighted by atomic mass is 35.5. The van der Waals surface area contributed by atoms with E-state index in [1.54, 1.807) is 12.1 Å². The lowest BCUT2D eigenvalue weighted by molar-refractivity contribution is 0.219. The van der Waals surface area contributed by atoms with Crippen LogP contribution in [0.15, 0.2) is 18.2 Å². The van der Waals surface area contributed by atoms with Gasteiger partial charge in [-0.3, -0.25) is 0 Å². The Bertz CT molecular complexity index is 357. The van der Waals surface area contributed by atoms with Crippen LogP contribution in [0.4, 0.5) is 0 Å². The zero-order valence-electron chi connectivity index (χ0n) is 10.4. The highest BCUT2D eigenvalue weighted by Crippen LogP contribution is 2.24. The Labute approximate surface area is 103 Å². The number of phenols is 1. The predicted molar refractivity (Wildman–Crippen MR) is 68.9 cm³/mol. The summed E-state index contributed by atoms with van der Waals surface area (Å²) >= 11 is 5.90. The van der Waals surface area contributed by atoms with Crippen molar-refractivity contribution >= 4 is 11.6 Å². The number of nitrogens with zero attached hydrogens (tertiary/aromatic N) is 1. The van der Waals surface area contributed by atoms with Crippen molar-refractivity contribution in [2.75, 3.05) is 13.6 Å². The molecule has 0 amide bonds. The second kappa shape index (κ2) is 5.07. The first-order chi connectivity index (χ1) is 7.28. The topological polar surface area (TPSA) is 23.5 Å². The molecule has 90 valence electrons. The van der Waals surface area contributed by atoms with Gasteiger partial charge in [0.15, 0.2) is 0 Å². The van der Waals surface area contributed by atoms with E-state index < -0.39 is 0 Å². The molecule has 0 spiro atoms. The van der Waals surface area contributed by atoms with Crippen LogP contribution >= 0.6 is 11.6 Å². The van der Waals surface area contributed by atoms with Crippen molar-refractivity contribution in [2.45, 2.75) is 27.3 Å². The minimum absolute atomic E-state index is 0.253. The average molecular weight is 242 g/mol. The molecule has 0 radical (unpaired) electrons. The van der Waals surface area contributed by atoms with Crippen LogP contribution in [0.25, 0.3) is 0 Å². The minimum Gasteiger partial charge on any atom is -0.508 e. The number of hydrogen-bond donors (Lipinski definition) is 1. The molecule has 3 heteroatoms. The Morgan fingerprint density at radius 3 is 2.50 bits per heavy atom. The molecule has 0 aliphatic carbocycles. The van der Waals surface area contributed by atoms with Crippen molar-refractivity contribution in [1.29, 1.82) is 0 Å². The number of aromatic hydroxyl groups is 1. The Balaban J connectivity index is 2.69. The van der Waals surface area contributed by atoms with Crippen LogP contribution in [0, 0.1) is 5.41 Å². The molecule has 0 aromatic heterocycles. The number of halogens is 1. The minimum atomic E-state index is 0.253. The first kappa shape index (κ1) is 13.3. The fourth-order valence-corrected chi connectivity index (χ4v) is 2.03. The molecule has 0 saturated heterocycles. The summed E-state index contributed by atoms with van der Waals surface area (Å²) in [5.74, 6) is 0.310. The Morgan fingerprint density at radius 2 is 1.94 bits per heavy atom. The summed E-state index contributed by atoms with van der Waals surface area (Å²) in [7, 11) is 2.05. The maximum absolute atomic E-state index is 9.70. The lowest BCUT2D eigenvalue weighted by atomic mass is 9.96. The first-order valence-corrected chi connectivity index (χ1v) is 5.82. The SMILES string of the molecule is CN(Cc1cc(Cl)ccc1O)CC(C)(C)C. The van der Waals surface area contributed by atoms with Gasteiger partial charge < -0.3 is 10.0 Å². The highest BCUT2D eigenvalue weighted by Gasteiger charge is 2.14. The van der Waals surface area contributed by atoms with Crippen molar-refractivity contribution in [1.82, 2.24) is 4.90 Å². The van der Waals surface area contributed by atoms with Gasteiger partial charge >= 0.3 is 0 Å². The van der Waals surface area contributed by atoms with Gasteiger partial charge in [0.25, 0.3) is 0 Å². The van der Waals surface area contributed by atoms with Crippen molar-refractivity contribution in [3.63, 3.8) is 0 Å². The Hall–Kier alpha value is -0.730. The van der Waals surface area contributed by atoms with E-state index in [-0.39, 0.29) is 5.41 Å². The van der Waals surface area contributed by atoms with Gasteiger partial charge in [-0.25, -0.2) is 0 Å². The van der Waals surface area contributed by atoms with Crippen LogP contribution < -0.4 is 0 Å². The first-order valence-electron chi connectivity index (χ1n) is 5.44. The van der Waals surface area contributed by atoms with Crippen LogP contribution in [0.5, 0.6) is 5.75 Å². The fourth-order valence-electron chi connectivity index (χ4n) is 1.84. The molecule has 1 rings (SSSR count). The molecule has 0 heterocycles. The molecule has 0 fully saturated rings. The number of benzene rings is 1. The van der Waals surface area contributed by atoms with E-state index in [4.69, 9.17) is 11.6 Å². The average Bonchev–Trinajstić information content (AvgIpc) is 2.08. The van der Waals surface area contributed by atoms with Crippen LogP contribution in [-0.2, 0) is 6.54 Å². The van der Waals surface area contributed by atoms with Gasteiger partial charge in [-0.15, -0.1) is 0 Å². The van der Waals surface area contributed by atoms with Crippen LogP contribution in [0.1, 0.15) is 26.3 Å². The maximum Gasteiger partial charge on any atom is 0.120 e. The van der Waals surface area contributed by atoms with E-state index in [1.165, 1.54) is 0 Å². The third-order valence-electron chi connectivity index (χ3n) is 2.23. The van der Waals surface area contributed by atoms with E-state index in [0.717, 1.165) is 12.1 Å². The van der Waals surface area contributed by atoms with Crippen molar-refractivity contribution in [3.8, 4) is 5.75 Å². The number of phenolic OH excluding ortho intramolecular Hbond substituents is 1. The monoisotopic (exact) mass is 241 g/mol. The summed E-state index contributed by atoms with van der Waals surface area (Å²) in [5.41, 5.74) is 1.13. The molecular weight excluding hydrogens is 222 g/mol. The second-order valence-electron chi connectivity index (χ2n) is 5.51. The van der Waals surface area contributed by atoms with E-state index >= 15 is 0 Å². The molecule has 2 nitrogen and oxygen atoms in total. The van der Waals surface area contributed by atoms with Gasteiger partial charge in [0.2, 0.25) is 0 Å². The van der Waals surface area contributed by atoms with Gasteiger partial charge in [0.05, 0.1) is 0 Å². The third-order valence-corrected chi connectivity index (χ3v) is 2.46. The summed E-state index contributed by atoms with van der Waals surface area (Å²) in [4.78, 5) is 2.19. The van der Waals surface area contributed by atoms with E-state index in [1.807, 2.05) is 13.1 Å². The summed E-state index contributed by atoms with van der Waals surface area (Å²) in [6, 6.07) is 5.16. The lowest BCUT2D eigenvalue weighted by Gasteiger charge is -2.26. The van der Waals surface area contributed by atoms with E-state index in [2.05, 4.69) is 25.7 Å². The Kier molecular flexibility index (Phi) is 4.22. The van der Waals surface area contributed by atoms with E-state index in [9.17, 15) is 5.11 Å². The quantitative estimate of drug-likeness (QED) is 0.875. The van der Waals surface area contributed by atoms with Gasteiger partial charge in [-0.05, 0) is 30.7 Å². The third kappa shape index (κ3) is 4.42. The summed E-state index contributed by atoms with van der Waals surface area (Å²) < 4.78 is 0. The molecule has 16 heavy (non-hydrogen) atoms. The second-order valence-corrected chi connectivity index (χ2v) is 5.94. The zero-order valence-corrected chi connectivity index (χ0v) is 11.2. The van der Waals surface area contributed by atoms with Crippen molar-refractivity contribution in [3.05, 3.63) is 28.8 Å². The molecule has 0 unspecified atom stereocenters. The van der Waals surface area contributed by atoms with Crippen LogP contribution in [0.2, 0.25) is 5.02 Å². The van der Waals surface area contributed by atoms with Crippen LogP contribution in [0.3, 0.4) is 0 Å². The van der Waals surface area contributed by atoms with Crippen LogP contribution in [-0.4, -0.2) is 23.6 Å². The molecule has 0 aliphatic rings. The predicted octanol–water partition coefficient (Wildman–Crippen LogP) is 3.52. The molecule has 0 saturated carbocycles. The molecule has 1 N–H and O–H groups in total. The van der Waals surface area contributed by atoms with Crippen molar-refractivity contribution in [2.24, 2.45) is 5.41 Å². The molecule has 0 atom stereocenters. The zero-order chi connectivity index (χ0) is 12.3. The summed E-state index contributed by atoms with van der Waals surface area (Å²) in [5, 5.41) is 10.4. The molecule has 1 aromatic carbocycles. The van der Waals surface area contributed by atoms with Gasteiger partial charge in [-0.2, -0.15) is 0 Å². The molecular formula is C13H20ClNO. The molecule has 0 aliphatic heterocycles. The fraction of sp³-hybridized carbons (Fsp3) is 0.538. The smallest absolute Gasteiger partial charge is 0.120 e. The molecule has 1 aromatic rings. The summed E-state index contributed by atoms with van der Waals surface area (Å²) in [6.07, 6.45) is 0. The molecule has 0 bridgehead atoms. The van der Waals surface area contributed by atoms with Gasteiger partial charge in [0, 0.05) is 23.7 Å². The van der Waals surface area contributed by atoms with Crippen molar-refractivity contribution < 1.29 is 5.11 Å². The number of rotatable bonds is 3.